The van der Waals surface area contributed by atoms with Crippen molar-refractivity contribution in [1.82, 2.24) is 9.69 Å². The lowest BCUT2D eigenvalue weighted by atomic mass is 10.2. The molecule has 1 heterocycles. The Kier molecular flexibility index (Phi) is 4.28. The summed E-state index contributed by atoms with van der Waals surface area (Å²) in [4.78, 5) is 1.06. The van der Waals surface area contributed by atoms with Gasteiger partial charge in [0.1, 0.15) is 6.17 Å². The predicted octanol–water partition coefficient (Wildman–Crippen LogP) is 2.16. The van der Waals surface area contributed by atoms with Crippen molar-refractivity contribution in [3.8, 4) is 5.88 Å². The first-order chi connectivity index (χ1) is 6.63. The Morgan fingerprint density at radius 1 is 1.64 bits per heavy atom. The molecule has 2 atom stereocenters. The summed E-state index contributed by atoms with van der Waals surface area (Å²) in [5.41, 5.74) is 0. The van der Waals surface area contributed by atoms with E-state index in [9.17, 15) is 4.39 Å². The summed E-state index contributed by atoms with van der Waals surface area (Å²) in [7, 11) is 1.58. The Morgan fingerprint density at radius 3 is 2.86 bits per heavy atom. The van der Waals surface area contributed by atoms with E-state index in [4.69, 9.17) is 4.74 Å². The summed E-state index contributed by atoms with van der Waals surface area (Å²) in [6, 6.07) is 1.99. The molecule has 1 N–H and O–H groups in total. The number of aromatic nitrogens is 1. The molecule has 0 amide bonds. The van der Waals surface area contributed by atoms with Crippen molar-refractivity contribution in [3.05, 3.63) is 10.9 Å². The van der Waals surface area contributed by atoms with Gasteiger partial charge in [0.05, 0.1) is 7.11 Å². The first kappa shape index (κ1) is 11.4. The predicted molar refractivity (Wildman–Crippen MR) is 55.7 cm³/mol. The maximum absolute atomic E-state index is 12.5. The minimum atomic E-state index is -0.827. The highest BCUT2D eigenvalue weighted by atomic mass is 32.1. The monoisotopic (exact) mass is 218 g/mol. The first-order valence-electron chi connectivity index (χ1n) is 4.51. The summed E-state index contributed by atoms with van der Waals surface area (Å²) < 4.78 is 21.6. The zero-order valence-electron chi connectivity index (χ0n) is 8.58. The van der Waals surface area contributed by atoms with E-state index in [1.165, 1.54) is 18.5 Å². The van der Waals surface area contributed by atoms with E-state index in [0.29, 0.717) is 12.4 Å². The lowest BCUT2D eigenvalue weighted by Crippen LogP contribution is -2.24. The molecule has 0 spiro atoms. The van der Waals surface area contributed by atoms with Crippen molar-refractivity contribution >= 4 is 11.5 Å². The smallest absolute Gasteiger partial charge is 0.225 e. The van der Waals surface area contributed by atoms with E-state index in [2.05, 4.69) is 9.69 Å². The molecule has 2 unspecified atom stereocenters. The normalized spacial score (nSPS) is 15.1. The summed E-state index contributed by atoms with van der Waals surface area (Å²) >= 11 is 1.37. The third-order valence-electron chi connectivity index (χ3n) is 1.85. The molecule has 0 fully saturated rings. The molecule has 1 rings (SSSR count). The number of methoxy groups -OCH3 is 1. The van der Waals surface area contributed by atoms with Gasteiger partial charge in [-0.15, -0.1) is 0 Å². The molecule has 0 aliphatic rings. The van der Waals surface area contributed by atoms with Gasteiger partial charge < -0.3 is 10.1 Å². The average molecular weight is 218 g/mol. The van der Waals surface area contributed by atoms with Crippen LogP contribution in [-0.4, -0.2) is 24.2 Å². The van der Waals surface area contributed by atoms with Crippen LogP contribution in [0.2, 0.25) is 0 Å². The molecule has 0 bridgehead atoms. The fourth-order valence-corrected chi connectivity index (χ4v) is 1.73. The zero-order chi connectivity index (χ0) is 10.6. The summed E-state index contributed by atoms with van der Waals surface area (Å²) in [5, 5.41) is 3.08. The number of nitrogens with zero attached hydrogens (tertiary/aromatic N) is 1. The van der Waals surface area contributed by atoms with Crippen LogP contribution in [0.25, 0.3) is 0 Å². The maximum atomic E-state index is 12.5. The standard InChI is InChI=1S/C9H15FN2OS/c1-6(10)5-11-7(2)8-4-9(13-3)12-14-8/h4,6-7,11H,5H2,1-3H3. The van der Waals surface area contributed by atoms with Crippen molar-refractivity contribution in [1.29, 1.82) is 0 Å². The van der Waals surface area contributed by atoms with Crippen molar-refractivity contribution in [2.75, 3.05) is 13.7 Å². The lowest BCUT2D eigenvalue weighted by Gasteiger charge is -2.11. The van der Waals surface area contributed by atoms with Gasteiger partial charge in [-0.05, 0) is 25.4 Å². The number of ether oxygens (including phenoxy) is 1. The van der Waals surface area contributed by atoms with E-state index >= 15 is 0 Å². The first-order valence-corrected chi connectivity index (χ1v) is 5.29. The molecule has 0 saturated carbocycles. The minimum Gasteiger partial charge on any atom is -0.480 e. The number of alkyl halides is 1. The minimum absolute atomic E-state index is 0.120. The lowest BCUT2D eigenvalue weighted by molar-refractivity contribution is 0.334. The molecule has 14 heavy (non-hydrogen) atoms. The second-order valence-corrected chi connectivity index (χ2v) is 4.02. The number of hydrogen-bond donors (Lipinski definition) is 1. The maximum Gasteiger partial charge on any atom is 0.225 e. The Bertz CT molecular complexity index is 278. The van der Waals surface area contributed by atoms with Crippen LogP contribution < -0.4 is 10.1 Å². The van der Waals surface area contributed by atoms with Crippen LogP contribution in [0.15, 0.2) is 6.07 Å². The second kappa shape index (κ2) is 5.26. The van der Waals surface area contributed by atoms with E-state index in [1.54, 1.807) is 7.11 Å². The van der Waals surface area contributed by atoms with Crippen LogP contribution in [0.4, 0.5) is 4.39 Å². The fraction of sp³-hybridized carbons (Fsp3) is 0.667. The van der Waals surface area contributed by atoms with Crippen molar-refractivity contribution < 1.29 is 9.13 Å². The van der Waals surface area contributed by atoms with Gasteiger partial charge in [-0.25, -0.2) is 4.39 Å². The molecule has 0 aliphatic heterocycles. The van der Waals surface area contributed by atoms with Crippen LogP contribution in [0, 0.1) is 0 Å². The number of hydrogen-bond acceptors (Lipinski definition) is 4. The molecule has 80 valence electrons. The van der Waals surface area contributed by atoms with Crippen molar-refractivity contribution in [2.45, 2.75) is 26.1 Å². The Morgan fingerprint density at radius 2 is 2.36 bits per heavy atom. The Balaban J connectivity index is 2.47. The van der Waals surface area contributed by atoms with Crippen LogP contribution in [0.5, 0.6) is 5.88 Å². The number of halogens is 1. The zero-order valence-corrected chi connectivity index (χ0v) is 9.40. The van der Waals surface area contributed by atoms with E-state index < -0.39 is 6.17 Å². The molecule has 1 aromatic rings. The third-order valence-corrected chi connectivity index (χ3v) is 2.80. The number of nitrogens with one attached hydrogen (secondary N) is 1. The average Bonchev–Trinajstić information content (AvgIpc) is 2.62. The van der Waals surface area contributed by atoms with Crippen LogP contribution in [0.3, 0.4) is 0 Å². The third kappa shape index (κ3) is 3.23. The van der Waals surface area contributed by atoms with Gasteiger partial charge in [-0.1, -0.05) is 0 Å². The van der Waals surface area contributed by atoms with E-state index in [-0.39, 0.29) is 6.04 Å². The van der Waals surface area contributed by atoms with E-state index in [1.807, 2.05) is 13.0 Å². The van der Waals surface area contributed by atoms with Crippen LogP contribution >= 0.6 is 11.5 Å². The highest BCUT2D eigenvalue weighted by molar-refractivity contribution is 7.06. The van der Waals surface area contributed by atoms with Gasteiger partial charge in [0.25, 0.3) is 0 Å². The van der Waals surface area contributed by atoms with Gasteiger partial charge in [0.15, 0.2) is 0 Å². The molecule has 0 radical (unpaired) electrons. The van der Waals surface area contributed by atoms with Crippen molar-refractivity contribution in [3.63, 3.8) is 0 Å². The van der Waals surface area contributed by atoms with Gasteiger partial charge >= 0.3 is 0 Å². The summed E-state index contributed by atoms with van der Waals surface area (Å²) in [6.07, 6.45) is -0.827. The molecule has 0 saturated heterocycles. The van der Waals surface area contributed by atoms with Crippen LogP contribution in [0.1, 0.15) is 24.8 Å². The molecule has 0 aromatic carbocycles. The molecule has 0 aliphatic carbocycles. The number of rotatable bonds is 5. The summed E-state index contributed by atoms with van der Waals surface area (Å²) in [5.74, 6) is 0.618. The van der Waals surface area contributed by atoms with Gasteiger partial charge in [0, 0.05) is 23.5 Å². The Labute approximate surface area is 87.5 Å². The SMILES string of the molecule is COc1cc(C(C)NCC(C)F)sn1. The van der Waals surface area contributed by atoms with Crippen molar-refractivity contribution in [2.24, 2.45) is 0 Å². The topological polar surface area (TPSA) is 34.1 Å². The summed E-state index contributed by atoms with van der Waals surface area (Å²) in [6.45, 7) is 3.88. The molecule has 1 aromatic heterocycles. The van der Waals surface area contributed by atoms with Gasteiger partial charge in [-0.3, -0.25) is 0 Å². The molecular weight excluding hydrogens is 203 g/mol. The van der Waals surface area contributed by atoms with Crippen LogP contribution in [-0.2, 0) is 0 Å². The van der Waals surface area contributed by atoms with Gasteiger partial charge in [0.2, 0.25) is 5.88 Å². The Hall–Kier alpha value is -0.680. The molecule has 5 heteroatoms. The highest BCUT2D eigenvalue weighted by Crippen LogP contribution is 2.22. The van der Waals surface area contributed by atoms with E-state index in [0.717, 1.165) is 4.88 Å². The molecule has 3 nitrogen and oxygen atoms in total. The molecular formula is C9H15FN2OS. The highest BCUT2D eigenvalue weighted by Gasteiger charge is 2.10. The van der Waals surface area contributed by atoms with Gasteiger partial charge in [-0.2, -0.15) is 4.37 Å². The largest absolute Gasteiger partial charge is 0.480 e. The quantitative estimate of drug-likeness (QED) is 0.822. The second-order valence-electron chi connectivity index (χ2n) is 3.18. The fourth-order valence-electron chi connectivity index (χ4n) is 1.01.